The minimum Gasteiger partial charge on any atom is -0.496 e. The maximum Gasteiger partial charge on any atom is 0.274 e. The number of anilines is 1. The van der Waals surface area contributed by atoms with Crippen molar-refractivity contribution in [3.05, 3.63) is 51.9 Å². The number of hydrogen-bond donors (Lipinski definition) is 1. The third kappa shape index (κ3) is 4.24. The Morgan fingerprint density at radius 1 is 1.21 bits per heavy atom. The molecule has 1 saturated heterocycles. The molecule has 1 fully saturated rings. The third-order valence-corrected chi connectivity index (χ3v) is 5.95. The van der Waals surface area contributed by atoms with Gasteiger partial charge in [-0.3, -0.25) is 9.59 Å². The van der Waals surface area contributed by atoms with Gasteiger partial charge in [0, 0.05) is 31.3 Å². The van der Waals surface area contributed by atoms with E-state index in [9.17, 15) is 9.59 Å². The van der Waals surface area contributed by atoms with Gasteiger partial charge < -0.3 is 15.0 Å². The monoisotopic (exact) mass is 413 g/mol. The zero-order valence-corrected chi connectivity index (χ0v) is 17.1. The number of aromatic nitrogens is 3. The van der Waals surface area contributed by atoms with E-state index in [4.69, 9.17) is 4.74 Å². The van der Waals surface area contributed by atoms with Gasteiger partial charge in [0.2, 0.25) is 10.1 Å². The van der Waals surface area contributed by atoms with E-state index in [1.807, 2.05) is 24.3 Å². The van der Waals surface area contributed by atoms with Gasteiger partial charge in [-0.1, -0.05) is 42.4 Å². The first-order valence-corrected chi connectivity index (χ1v) is 10.5. The lowest BCUT2D eigenvalue weighted by atomic mass is 10.2. The van der Waals surface area contributed by atoms with Crippen LogP contribution in [0.1, 0.15) is 41.7 Å². The van der Waals surface area contributed by atoms with Gasteiger partial charge >= 0.3 is 0 Å². The SMILES string of the molecule is COc1ccccc1CNC(=O)c1cc(=O)nc2sc(N3CCCCCC3)nn12. The molecule has 0 spiro atoms. The fraction of sp³-hybridized carbons (Fsp3) is 0.400. The molecule has 9 heteroatoms. The van der Waals surface area contributed by atoms with Gasteiger partial charge in [-0.05, 0) is 18.9 Å². The summed E-state index contributed by atoms with van der Waals surface area (Å²) in [5, 5.41) is 8.25. The van der Waals surface area contributed by atoms with E-state index < -0.39 is 5.56 Å². The summed E-state index contributed by atoms with van der Waals surface area (Å²) < 4.78 is 6.80. The molecule has 29 heavy (non-hydrogen) atoms. The van der Waals surface area contributed by atoms with Crippen molar-refractivity contribution in [2.45, 2.75) is 32.2 Å². The second kappa shape index (κ2) is 8.60. The minimum atomic E-state index is -0.446. The number of nitrogens with one attached hydrogen (secondary N) is 1. The molecule has 0 aliphatic carbocycles. The standard InChI is InChI=1S/C20H23N5O3S/c1-28-16-9-5-4-8-14(16)13-21-18(27)15-12-17(26)22-19-25(15)23-20(29-19)24-10-6-2-3-7-11-24/h4-5,8-9,12H,2-3,6-7,10-11,13H2,1H3,(H,21,27). The van der Waals surface area contributed by atoms with Gasteiger partial charge in [-0.25, -0.2) is 0 Å². The average molecular weight is 414 g/mol. The molecule has 1 amide bonds. The number of hydrogen-bond acceptors (Lipinski definition) is 7. The second-order valence-corrected chi connectivity index (χ2v) is 7.89. The molecule has 1 aromatic carbocycles. The molecule has 2 aromatic heterocycles. The molecule has 1 aliphatic rings. The molecule has 0 radical (unpaired) electrons. The highest BCUT2D eigenvalue weighted by Crippen LogP contribution is 2.25. The van der Waals surface area contributed by atoms with Crippen LogP contribution in [0.4, 0.5) is 5.13 Å². The molecule has 3 aromatic rings. The smallest absolute Gasteiger partial charge is 0.274 e. The Kier molecular flexibility index (Phi) is 5.75. The first-order valence-electron chi connectivity index (χ1n) is 9.71. The quantitative estimate of drug-likeness (QED) is 0.691. The van der Waals surface area contributed by atoms with Crippen molar-refractivity contribution in [1.82, 2.24) is 19.9 Å². The summed E-state index contributed by atoms with van der Waals surface area (Å²) in [7, 11) is 1.59. The van der Waals surface area contributed by atoms with Crippen LogP contribution in [0.2, 0.25) is 0 Å². The fourth-order valence-corrected chi connectivity index (χ4v) is 4.43. The Balaban J connectivity index is 1.60. The molecule has 4 rings (SSSR count). The molecule has 1 aliphatic heterocycles. The zero-order chi connectivity index (χ0) is 20.2. The first kappa shape index (κ1) is 19.4. The van der Waals surface area contributed by atoms with E-state index in [0.29, 0.717) is 10.7 Å². The van der Waals surface area contributed by atoms with Gasteiger partial charge in [-0.15, -0.1) is 5.10 Å². The van der Waals surface area contributed by atoms with Crippen molar-refractivity contribution in [3.8, 4) is 5.75 Å². The largest absolute Gasteiger partial charge is 0.496 e. The van der Waals surface area contributed by atoms with Crippen LogP contribution in [0, 0.1) is 0 Å². The van der Waals surface area contributed by atoms with Crippen LogP contribution in [0.15, 0.2) is 35.1 Å². The van der Waals surface area contributed by atoms with Crippen molar-refractivity contribution in [2.75, 3.05) is 25.1 Å². The van der Waals surface area contributed by atoms with Crippen LogP contribution < -0.4 is 20.5 Å². The molecule has 152 valence electrons. The van der Waals surface area contributed by atoms with E-state index >= 15 is 0 Å². The maximum atomic E-state index is 12.8. The molecule has 0 unspecified atom stereocenters. The molecule has 8 nitrogen and oxygen atoms in total. The van der Waals surface area contributed by atoms with Crippen molar-refractivity contribution in [2.24, 2.45) is 0 Å². The van der Waals surface area contributed by atoms with Crippen molar-refractivity contribution in [1.29, 1.82) is 0 Å². The summed E-state index contributed by atoms with van der Waals surface area (Å²) in [5.74, 6) is 0.320. The number of rotatable bonds is 5. The van der Waals surface area contributed by atoms with E-state index in [1.165, 1.54) is 34.8 Å². The number of ether oxygens (including phenoxy) is 1. The van der Waals surface area contributed by atoms with Gasteiger partial charge in [0.15, 0.2) is 0 Å². The Labute approximate surface area is 172 Å². The summed E-state index contributed by atoms with van der Waals surface area (Å²) in [5.41, 5.74) is 0.593. The number of para-hydroxylation sites is 1. The molecular formula is C20H23N5O3S. The van der Waals surface area contributed by atoms with Crippen molar-refractivity contribution in [3.63, 3.8) is 0 Å². The lowest BCUT2D eigenvalue weighted by molar-refractivity contribution is 0.0943. The van der Waals surface area contributed by atoms with Gasteiger partial charge in [0.25, 0.3) is 11.5 Å². The number of amides is 1. The maximum absolute atomic E-state index is 12.8. The average Bonchev–Trinajstić information content (AvgIpc) is 2.97. The zero-order valence-electron chi connectivity index (χ0n) is 16.3. The molecule has 0 saturated carbocycles. The van der Waals surface area contributed by atoms with Crippen molar-refractivity contribution < 1.29 is 9.53 Å². The van der Waals surface area contributed by atoms with Gasteiger partial charge in [0.05, 0.1) is 7.11 Å². The predicted octanol–water partition coefficient (Wildman–Crippen LogP) is 2.47. The van der Waals surface area contributed by atoms with Crippen LogP contribution in [-0.4, -0.2) is 40.7 Å². The van der Waals surface area contributed by atoms with Crippen molar-refractivity contribution >= 4 is 27.3 Å². The van der Waals surface area contributed by atoms with Crippen LogP contribution in [-0.2, 0) is 6.54 Å². The normalized spacial score (nSPS) is 14.6. The van der Waals surface area contributed by atoms with Gasteiger partial charge in [-0.2, -0.15) is 9.50 Å². The lowest BCUT2D eigenvalue weighted by Gasteiger charge is -2.17. The van der Waals surface area contributed by atoms with Crippen LogP contribution in [0.3, 0.4) is 0 Å². The number of methoxy groups -OCH3 is 1. The van der Waals surface area contributed by atoms with Gasteiger partial charge in [0.1, 0.15) is 11.4 Å². The summed E-state index contributed by atoms with van der Waals surface area (Å²) in [6, 6.07) is 8.71. The Morgan fingerprint density at radius 2 is 1.97 bits per heavy atom. The second-order valence-electron chi connectivity index (χ2n) is 6.95. The highest BCUT2D eigenvalue weighted by molar-refractivity contribution is 7.20. The number of carbonyl (C=O) groups excluding carboxylic acids is 1. The number of benzene rings is 1. The number of nitrogens with zero attached hydrogens (tertiary/aromatic N) is 4. The summed E-state index contributed by atoms with van der Waals surface area (Å²) in [6.07, 6.45) is 4.67. The number of fused-ring (bicyclic) bond motifs is 1. The summed E-state index contributed by atoms with van der Waals surface area (Å²) >= 11 is 1.35. The Bertz CT molecular complexity index is 1070. The van der Waals surface area contributed by atoms with Crippen LogP contribution >= 0.6 is 11.3 Å². The predicted molar refractivity (Wildman–Crippen MR) is 112 cm³/mol. The summed E-state index contributed by atoms with van der Waals surface area (Å²) in [6.45, 7) is 2.14. The van der Waals surface area contributed by atoms with E-state index in [0.717, 1.165) is 36.6 Å². The minimum absolute atomic E-state index is 0.187. The topological polar surface area (TPSA) is 88.8 Å². The van der Waals surface area contributed by atoms with E-state index in [-0.39, 0.29) is 18.1 Å². The summed E-state index contributed by atoms with van der Waals surface area (Å²) in [4.78, 5) is 31.6. The molecular weight excluding hydrogens is 390 g/mol. The Morgan fingerprint density at radius 3 is 2.72 bits per heavy atom. The molecule has 3 heterocycles. The van der Waals surface area contributed by atoms with Crippen LogP contribution in [0.25, 0.3) is 4.96 Å². The number of carbonyl (C=O) groups is 1. The highest BCUT2D eigenvalue weighted by atomic mass is 32.1. The molecule has 0 atom stereocenters. The first-order chi connectivity index (χ1) is 14.2. The van der Waals surface area contributed by atoms with Crippen LogP contribution in [0.5, 0.6) is 5.75 Å². The van der Waals surface area contributed by atoms with E-state index in [2.05, 4.69) is 20.3 Å². The fourth-order valence-electron chi connectivity index (χ4n) is 3.47. The van der Waals surface area contributed by atoms with E-state index in [1.54, 1.807) is 7.11 Å². The third-order valence-electron chi connectivity index (χ3n) is 4.98. The lowest BCUT2D eigenvalue weighted by Crippen LogP contribution is -2.28. The molecule has 1 N–H and O–H groups in total. The molecule has 0 bridgehead atoms. The Hall–Kier alpha value is -2.94. The highest BCUT2D eigenvalue weighted by Gasteiger charge is 2.19.